The van der Waals surface area contributed by atoms with E-state index in [0.717, 1.165) is 4.90 Å². The first kappa shape index (κ1) is 26.3. The minimum atomic E-state index is -4.84. The van der Waals surface area contributed by atoms with Gasteiger partial charge in [0.25, 0.3) is 0 Å². The van der Waals surface area contributed by atoms with Crippen molar-refractivity contribution in [3.8, 4) is 5.75 Å². The van der Waals surface area contributed by atoms with Gasteiger partial charge in [-0.25, -0.2) is 9.97 Å². The predicted molar refractivity (Wildman–Crippen MR) is 117 cm³/mol. The number of imidazole rings is 1. The van der Waals surface area contributed by atoms with Crippen LogP contribution in [0.15, 0.2) is 40.5 Å². The van der Waals surface area contributed by atoms with Gasteiger partial charge in [-0.1, -0.05) is 11.8 Å². The molecule has 0 fully saturated rings. The Morgan fingerprint density at radius 2 is 1.65 bits per heavy atom. The third kappa shape index (κ3) is 7.34. The molecule has 0 spiro atoms. The summed E-state index contributed by atoms with van der Waals surface area (Å²) < 4.78 is 88.6. The second kappa shape index (κ2) is 10.1. The van der Waals surface area contributed by atoms with Crippen molar-refractivity contribution in [1.29, 1.82) is 0 Å². The summed E-state index contributed by atoms with van der Waals surface area (Å²) in [6, 6.07) is 7.13. The van der Waals surface area contributed by atoms with Crippen LogP contribution in [0.3, 0.4) is 0 Å². The topological polar surface area (TPSA) is 88.1 Å². The number of methoxy groups -OCH3 is 1. The summed E-state index contributed by atoms with van der Waals surface area (Å²) in [6.07, 6.45) is -11.9. The second-order valence-corrected chi connectivity index (χ2v) is 9.39. The number of benzene rings is 1. The van der Waals surface area contributed by atoms with Crippen LogP contribution in [-0.2, 0) is 11.3 Å². The first-order valence-corrected chi connectivity index (χ1v) is 11.0. The highest BCUT2D eigenvalue weighted by molar-refractivity contribution is 7.99. The molecule has 2 heterocycles. The summed E-state index contributed by atoms with van der Waals surface area (Å²) in [5.41, 5.74) is 6.45. The van der Waals surface area contributed by atoms with Crippen molar-refractivity contribution in [2.24, 2.45) is 0 Å². The molecule has 0 saturated heterocycles. The van der Waals surface area contributed by atoms with Crippen LogP contribution in [0.4, 0.5) is 32.3 Å². The lowest BCUT2D eigenvalue weighted by atomic mass is 10.1. The monoisotopic (exact) mass is 527 g/mol. The highest BCUT2D eigenvalue weighted by Gasteiger charge is 2.47. The molecule has 0 saturated carbocycles. The van der Waals surface area contributed by atoms with E-state index in [4.69, 9.17) is 15.2 Å². The minimum Gasteiger partial charge on any atom is -0.497 e. The van der Waals surface area contributed by atoms with Gasteiger partial charge in [0.2, 0.25) is 5.95 Å². The maximum absolute atomic E-state index is 12.8. The van der Waals surface area contributed by atoms with Crippen LogP contribution in [0, 0.1) is 0 Å². The lowest BCUT2D eigenvalue weighted by Crippen LogP contribution is -2.37. The van der Waals surface area contributed by atoms with E-state index >= 15 is 0 Å². The molecule has 7 nitrogen and oxygen atoms in total. The molecule has 2 aromatic heterocycles. The molecule has 0 aliphatic carbocycles. The van der Waals surface area contributed by atoms with Gasteiger partial charge in [-0.3, -0.25) is 0 Å². The quantitative estimate of drug-likeness (QED) is 0.236. The first-order valence-electron chi connectivity index (χ1n) is 9.63. The zero-order chi connectivity index (χ0) is 25.1. The van der Waals surface area contributed by atoms with E-state index in [1.165, 1.54) is 22.7 Å². The first-order chi connectivity index (χ1) is 15.8. The molecule has 2 N–H and O–H groups in total. The largest absolute Gasteiger partial charge is 0.497 e. The molecule has 3 rings (SSSR count). The Bertz CT molecular complexity index is 1110. The summed E-state index contributed by atoms with van der Waals surface area (Å²) in [6.45, 7) is -0.558. The smallest absolute Gasteiger partial charge is 0.392 e. The molecule has 0 bridgehead atoms. The fourth-order valence-corrected chi connectivity index (χ4v) is 4.57. The number of aromatic nitrogens is 4. The van der Waals surface area contributed by atoms with Crippen LogP contribution in [0.25, 0.3) is 11.2 Å². The number of fused-ring (bicyclic) bond motifs is 1. The van der Waals surface area contributed by atoms with Crippen molar-refractivity contribution in [3.63, 3.8) is 0 Å². The number of alkyl halides is 6. The van der Waals surface area contributed by atoms with Crippen LogP contribution in [-0.4, -0.2) is 50.9 Å². The maximum Gasteiger partial charge on any atom is 0.392 e. The Balaban J connectivity index is 1.77. The molecule has 34 heavy (non-hydrogen) atoms. The van der Waals surface area contributed by atoms with E-state index in [9.17, 15) is 26.3 Å². The third-order valence-electron chi connectivity index (χ3n) is 4.44. The van der Waals surface area contributed by atoms with Crippen molar-refractivity contribution < 1.29 is 35.8 Å². The van der Waals surface area contributed by atoms with E-state index < -0.39 is 37.1 Å². The SMILES string of the molecule is COc1ccc(Sc2nc(N)nc3c2ncn3CCOC(P)(CC(F)(F)F)CC(F)(F)F)cc1. The van der Waals surface area contributed by atoms with E-state index in [-0.39, 0.29) is 18.1 Å². The fourth-order valence-electron chi connectivity index (χ4n) is 3.12. The van der Waals surface area contributed by atoms with Gasteiger partial charge in [0.1, 0.15) is 16.3 Å². The molecule has 0 radical (unpaired) electrons. The van der Waals surface area contributed by atoms with Gasteiger partial charge in [0.15, 0.2) is 5.65 Å². The van der Waals surface area contributed by atoms with Crippen LogP contribution in [0.5, 0.6) is 5.75 Å². The maximum atomic E-state index is 12.8. The summed E-state index contributed by atoms with van der Waals surface area (Å²) in [4.78, 5) is 13.4. The van der Waals surface area contributed by atoms with Crippen molar-refractivity contribution >= 4 is 38.1 Å². The molecule has 1 atom stereocenters. The molecule has 1 aromatic carbocycles. The summed E-state index contributed by atoms with van der Waals surface area (Å²) in [5.74, 6) is 0.600. The molecule has 3 aromatic rings. The van der Waals surface area contributed by atoms with Crippen molar-refractivity contribution in [1.82, 2.24) is 19.5 Å². The van der Waals surface area contributed by atoms with Gasteiger partial charge in [-0.15, -0.1) is 9.24 Å². The van der Waals surface area contributed by atoms with E-state index in [1.807, 2.05) is 0 Å². The average molecular weight is 527 g/mol. The molecule has 0 amide bonds. The normalized spacial score (nSPS) is 12.9. The zero-order valence-electron chi connectivity index (χ0n) is 17.7. The number of nitrogen functional groups attached to an aromatic ring is 1. The van der Waals surface area contributed by atoms with Crippen molar-refractivity contribution in [2.75, 3.05) is 19.5 Å². The number of ether oxygens (including phenoxy) is 2. The molecular weight excluding hydrogens is 507 g/mol. The molecule has 0 aliphatic rings. The van der Waals surface area contributed by atoms with E-state index in [1.54, 1.807) is 40.6 Å². The van der Waals surface area contributed by atoms with Gasteiger partial charge < -0.3 is 19.8 Å². The molecule has 15 heteroatoms. The number of rotatable bonds is 9. The number of hydrogen-bond acceptors (Lipinski definition) is 7. The Morgan fingerprint density at radius 1 is 1.03 bits per heavy atom. The van der Waals surface area contributed by atoms with Gasteiger partial charge in [-0.05, 0) is 24.3 Å². The fraction of sp³-hybridized carbons (Fsp3) is 0.421. The van der Waals surface area contributed by atoms with Crippen molar-refractivity contribution in [2.45, 2.75) is 47.0 Å². The number of anilines is 1. The molecule has 0 aliphatic heterocycles. The molecule has 1 unspecified atom stereocenters. The highest BCUT2D eigenvalue weighted by Crippen LogP contribution is 2.42. The number of nitrogens with zero attached hydrogens (tertiary/aromatic N) is 4. The number of halogens is 6. The van der Waals surface area contributed by atoms with Crippen LogP contribution in [0.1, 0.15) is 12.8 Å². The van der Waals surface area contributed by atoms with Crippen LogP contribution >= 0.6 is 21.0 Å². The summed E-state index contributed by atoms with van der Waals surface area (Å²) in [5, 5.41) is -2.11. The summed E-state index contributed by atoms with van der Waals surface area (Å²) >= 11 is 1.26. The van der Waals surface area contributed by atoms with Gasteiger partial charge >= 0.3 is 12.4 Å². The third-order valence-corrected chi connectivity index (χ3v) is 6.00. The number of hydrogen-bond donors (Lipinski definition) is 1. The summed E-state index contributed by atoms with van der Waals surface area (Å²) in [7, 11) is 3.09. The predicted octanol–water partition coefficient (Wildman–Crippen LogP) is 5.06. The second-order valence-electron chi connectivity index (χ2n) is 7.27. The minimum absolute atomic E-state index is 0.0688. The average Bonchev–Trinajstić information content (AvgIpc) is 3.08. The molecular formula is C19H20F6N5O2PS. The van der Waals surface area contributed by atoms with E-state index in [2.05, 4.69) is 15.0 Å². The Morgan fingerprint density at radius 3 is 2.21 bits per heavy atom. The van der Waals surface area contributed by atoms with Gasteiger partial charge in [-0.2, -0.15) is 31.3 Å². The Hall–Kier alpha value is -2.31. The van der Waals surface area contributed by atoms with E-state index in [0.29, 0.717) is 16.3 Å². The van der Waals surface area contributed by atoms with Crippen molar-refractivity contribution in [3.05, 3.63) is 30.6 Å². The number of nitrogens with two attached hydrogens (primary N) is 1. The van der Waals surface area contributed by atoms with Crippen LogP contribution < -0.4 is 10.5 Å². The standard InChI is InChI=1S/C19H20F6N5O2PS/c1-31-11-2-4-12(5-3-11)34-15-13-14(28-16(26)29-15)30(10-27-13)6-7-32-17(33,8-18(20,21)22)9-19(23,24)25/h2-5,10H,6-9,33H2,1H3,(H2,26,28,29). The van der Waals surface area contributed by atoms with Gasteiger partial charge in [0.05, 0.1) is 38.2 Å². The van der Waals surface area contributed by atoms with Gasteiger partial charge in [0, 0.05) is 11.4 Å². The van der Waals surface area contributed by atoms with Crippen LogP contribution in [0.2, 0.25) is 0 Å². The Labute approximate surface area is 196 Å². The Kier molecular flexibility index (Phi) is 7.83. The lowest BCUT2D eigenvalue weighted by molar-refractivity contribution is -0.205. The zero-order valence-corrected chi connectivity index (χ0v) is 19.6. The molecule has 186 valence electrons. The lowest BCUT2D eigenvalue weighted by Gasteiger charge is -2.31. The highest BCUT2D eigenvalue weighted by atomic mass is 32.2.